The fourth-order valence-electron chi connectivity index (χ4n) is 1.22. The van der Waals surface area contributed by atoms with Crippen molar-refractivity contribution in [3.63, 3.8) is 0 Å². The fourth-order valence-corrected chi connectivity index (χ4v) is 3.02. The summed E-state index contributed by atoms with van der Waals surface area (Å²) in [5.74, 6) is 0. The molecule has 0 aromatic carbocycles. The van der Waals surface area contributed by atoms with E-state index >= 15 is 0 Å². The van der Waals surface area contributed by atoms with Crippen LogP contribution in [0.3, 0.4) is 0 Å². The van der Waals surface area contributed by atoms with Gasteiger partial charge >= 0.3 is 0 Å². The summed E-state index contributed by atoms with van der Waals surface area (Å²) in [6.07, 6.45) is 0.847. The van der Waals surface area contributed by atoms with Crippen molar-refractivity contribution in [1.82, 2.24) is 4.98 Å². The summed E-state index contributed by atoms with van der Waals surface area (Å²) in [4.78, 5) is 4.89. The number of thiophene rings is 1. The average Bonchev–Trinajstić information content (AvgIpc) is 2.64. The summed E-state index contributed by atoms with van der Waals surface area (Å²) in [5.41, 5.74) is 0.488. The van der Waals surface area contributed by atoms with E-state index in [0.29, 0.717) is 10.7 Å². The van der Waals surface area contributed by atoms with Crippen LogP contribution in [0.15, 0.2) is 34.2 Å². The third kappa shape index (κ3) is 2.23. The summed E-state index contributed by atoms with van der Waals surface area (Å²) in [5, 5.41) is 12.5. The van der Waals surface area contributed by atoms with Crippen LogP contribution in [0.5, 0.6) is 0 Å². The Labute approximate surface area is 105 Å². The SMILES string of the molecule is OC(c1ncccc1Cl)c1sccc1Br. The van der Waals surface area contributed by atoms with E-state index in [1.807, 2.05) is 11.4 Å². The van der Waals surface area contributed by atoms with Crippen molar-refractivity contribution in [3.8, 4) is 0 Å². The molecule has 0 amide bonds. The molecule has 0 radical (unpaired) electrons. The van der Waals surface area contributed by atoms with Gasteiger partial charge in [-0.05, 0) is 39.5 Å². The monoisotopic (exact) mass is 303 g/mol. The van der Waals surface area contributed by atoms with Crippen LogP contribution < -0.4 is 0 Å². The minimum atomic E-state index is -0.770. The van der Waals surface area contributed by atoms with Crippen LogP contribution in [0.25, 0.3) is 0 Å². The number of aromatic nitrogens is 1. The van der Waals surface area contributed by atoms with Crippen LogP contribution in [0.2, 0.25) is 5.02 Å². The summed E-state index contributed by atoms with van der Waals surface area (Å²) in [7, 11) is 0. The molecule has 1 N–H and O–H groups in total. The normalized spacial score (nSPS) is 12.7. The molecule has 5 heteroatoms. The first-order valence-electron chi connectivity index (χ1n) is 4.21. The van der Waals surface area contributed by atoms with Crippen LogP contribution in [-0.2, 0) is 0 Å². The summed E-state index contributed by atoms with van der Waals surface area (Å²) >= 11 is 10.8. The second kappa shape index (κ2) is 4.61. The smallest absolute Gasteiger partial charge is 0.133 e. The lowest BCUT2D eigenvalue weighted by Crippen LogP contribution is -2.01. The van der Waals surface area contributed by atoms with Crippen molar-refractivity contribution in [3.05, 3.63) is 49.8 Å². The maximum Gasteiger partial charge on any atom is 0.133 e. The van der Waals surface area contributed by atoms with E-state index in [9.17, 15) is 5.11 Å². The topological polar surface area (TPSA) is 33.1 Å². The highest BCUT2D eigenvalue weighted by atomic mass is 79.9. The Kier molecular flexibility index (Phi) is 3.41. The zero-order chi connectivity index (χ0) is 10.8. The van der Waals surface area contributed by atoms with E-state index in [1.54, 1.807) is 18.3 Å². The molecule has 78 valence electrons. The summed E-state index contributed by atoms with van der Waals surface area (Å²) in [6.45, 7) is 0. The molecule has 0 spiro atoms. The van der Waals surface area contributed by atoms with Crippen molar-refractivity contribution in [2.24, 2.45) is 0 Å². The molecule has 2 aromatic rings. The van der Waals surface area contributed by atoms with E-state index in [0.717, 1.165) is 9.35 Å². The highest BCUT2D eigenvalue weighted by molar-refractivity contribution is 9.10. The maximum atomic E-state index is 10.1. The molecule has 0 saturated heterocycles. The quantitative estimate of drug-likeness (QED) is 0.919. The van der Waals surface area contributed by atoms with Gasteiger partial charge in [0.1, 0.15) is 6.10 Å². The van der Waals surface area contributed by atoms with E-state index in [2.05, 4.69) is 20.9 Å². The molecule has 2 nitrogen and oxygen atoms in total. The lowest BCUT2D eigenvalue weighted by molar-refractivity contribution is 0.218. The van der Waals surface area contributed by atoms with Gasteiger partial charge in [0.25, 0.3) is 0 Å². The molecule has 0 aliphatic carbocycles. The largest absolute Gasteiger partial charge is 0.381 e. The van der Waals surface area contributed by atoms with Crippen molar-refractivity contribution in [2.75, 3.05) is 0 Å². The standard InChI is InChI=1S/C10H7BrClNOS/c11-6-3-5-15-10(6)9(14)8-7(12)2-1-4-13-8/h1-5,9,14H. The molecular formula is C10H7BrClNOS. The zero-order valence-corrected chi connectivity index (χ0v) is 10.7. The van der Waals surface area contributed by atoms with Gasteiger partial charge in [-0.1, -0.05) is 11.6 Å². The van der Waals surface area contributed by atoms with Crippen molar-refractivity contribution >= 4 is 38.9 Å². The van der Waals surface area contributed by atoms with E-state index in [4.69, 9.17) is 11.6 Å². The van der Waals surface area contributed by atoms with Gasteiger partial charge in [0.15, 0.2) is 0 Å². The first-order valence-corrected chi connectivity index (χ1v) is 6.26. The van der Waals surface area contributed by atoms with E-state index in [-0.39, 0.29) is 0 Å². The zero-order valence-electron chi connectivity index (χ0n) is 7.52. The number of aliphatic hydroxyl groups is 1. The maximum absolute atomic E-state index is 10.1. The van der Waals surface area contributed by atoms with Gasteiger partial charge in [-0.2, -0.15) is 0 Å². The van der Waals surface area contributed by atoms with Crippen molar-refractivity contribution < 1.29 is 5.11 Å². The molecule has 15 heavy (non-hydrogen) atoms. The predicted molar refractivity (Wildman–Crippen MR) is 65.3 cm³/mol. The average molecular weight is 305 g/mol. The van der Waals surface area contributed by atoms with Crippen LogP contribution in [0, 0.1) is 0 Å². The van der Waals surface area contributed by atoms with Crippen LogP contribution >= 0.6 is 38.9 Å². The molecule has 2 rings (SSSR count). The highest BCUT2D eigenvalue weighted by Crippen LogP contribution is 2.34. The van der Waals surface area contributed by atoms with Crippen LogP contribution in [0.4, 0.5) is 0 Å². The van der Waals surface area contributed by atoms with Crippen molar-refractivity contribution in [1.29, 1.82) is 0 Å². The molecule has 2 heterocycles. The van der Waals surface area contributed by atoms with Crippen LogP contribution in [-0.4, -0.2) is 10.1 Å². The first kappa shape index (κ1) is 11.1. The second-order valence-corrected chi connectivity index (χ2v) is 5.12. The van der Waals surface area contributed by atoms with E-state index < -0.39 is 6.10 Å². The van der Waals surface area contributed by atoms with E-state index in [1.165, 1.54) is 11.3 Å². The molecule has 0 saturated carbocycles. The predicted octanol–water partition coefficient (Wildman–Crippen LogP) is 3.64. The molecule has 0 aliphatic heterocycles. The molecular weight excluding hydrogens is 298 g/mol. The molecule has 2 aromatic heterocycles. The molecule has 0 bridgehead atoms. The Balaban J connectivity index is 2.41. The number of hydrogen-bond acceptors (Lipinski definition) is 3. The summed E-state index contributed by atoms with van der Waals surface area (Å²) in [6, 6.07) is 5.34. The summed E-state index contributed by atoms with van der Waals surface area (Å²) < 4.78 is 0.877. The minimum Gasteiger partial charge on any atom is -0.381 e. The molecule has 0 aliphatic rings. The van der Waals surface area contributed by atoms with Gasteiger partial charge in [0, 0.05) is 10.7 Å². The Hall–Kier alpha value is -0.420. The number of rotatable bonds is 2. The second-order valence-electron chi connectivity index (χ2n) is 2.91. The Morgan fingerprint density at radius 1 is 1.47 bits per heavy atom. The highest BCUT2D eigenvalue weighted by Gasteiger charge is 2.18. The van der Waals surface area contributed by atoms with Gasteiger partial charge in [-0.25, -0.2) is 0 Å². The lowest BCUT2D eigenvalue weighted by Gasteiger charge is -2.09. The minimum absolute atomic E-state index is 0.477. The number of nitrogens with zero attached hydrogens (tertiary/aromatic N) is 1. The Morgan fingerprint density at radius 3 is 2.87 bits per heavy atom. The van der Waals surface area contributed by atoms with Crippen molar-refractivity contribution in [2.45, 2.75) is 6.10 Å². The first-order chi connectivity index (χ1) is 7.20. The lowest BCUT2D eigenvalue weighted by atomic mass is 10.2. The third-order valence-corrected chi connectivity index (χ3v) is 4.18. The molecule has 1 atom stereocenters. The Bertz CT molecular complexity index is 474. The third-order valence-electron chi connectivity index (χ3n) is 1.94. The molecule has 0 fully saturated rings. The van der Waals surface area contributed by atoms with Crippen LogP contribution in [0.1, 0.15) is 16.7 Å². The number of halogens is 2. The van der Waals surface area contributed by atoms with Gasteiger partial charge in [-0.3, -0.25) is 4.98 Å². The molecule has 1 unspecified atom stereocenters. The van der Waals surface area contributed by atoms with Gasteiger partial charge < -0.3 is 5.11 Å². The van der Waals surface area contributed by atoms with Gasteiger partial charge in [-0.15, -0.1) is 11.3 Å². The van der Waals surface area contributed by atoms with Gasteiger partial charge in [0.05, 0.1) is 15.6 Å². The number of pyridine rings is 1. The number of aliphatic hydroxyl groups excluding tert-OH is 1. The Morgan fingerprint density at radius 2 is 2.27 bits per heavy atom. The van der Waals surface area contributed by atoms with Gasteiger partial charge in [0.2, 0.25) is 0 Å². The number of hydrogen-bond donors (Lipinski definition) is 1. The fraction of sp³-hybridized carbons (Fsp3) is 0.100.